The molecule has 2 N–H and O–H groups in total. The Bertz CT molecular complexity index is 255. The van der Waals surface area contributed by atoms with Gasteiger partial charge in [0.15, 0.2) is 0 Å². The number of nitrogens with two attached hydrogens (primary N) is 1. The molecule has 0 atom stereocenters. The molecule has 1 heterocycles. The van der Waals surface area contributed by atoms with Gasteiger partial charge in [-0.05, 0) is 57.4 Å². The summed E-state index contributed by atoms with van der Waals surface area (Å²) in [6, 6.07) is 0. The van der Waals surface area contributed by atoms with Crippen molar-refractivity contribution in [2.75, 3.05) is 33.4 Å². The van der Waals surface area contributed by atoms with E-state index in [1.165, 1.54) is 51.5 Å². The molecule has 1 aliphatic heterocycles. The first-order chi connectivity index (χ1) is 9.20. The van der Waals surface area contributed by atoms with Crippen LogP contribution in [0.2, 0.25) is 0 Å². The fraction of sp³-hybridized carbons (Fsp3) is 1.00. The van der Waals surface area contributed by atoms with Gasteiger partial charge in [0.2, 0.25) is 0 Å². The Morgan fingerprint density at radius 1 is 1.11 bits per heavy atom. The Morgan fingerprint density at radius 2 is 1.74 bits per heavy atom. The lowest BCUT2D eigenvalue weighted by molar-refractivity contribution is 0.0160. The van der Waals surface area contributed by atoms with E-state index < -0.39 is 0 Å². The van der Waals surface area contributed by atoms with Gasteiger partial charge in [-0.1, -0.05) is 13.3 Å². The number of hydrogen-bond acceptors (Lipinski definition) is 3. The lowest BCUT2D eigenvalue weighted by Crippen LogP contribution is -2.55. The summed E-state index contributed by atoms with van der Waals surface area (Å²) < 4.78 is 5.46. The average Bonchev–Trinajstić information content (AvgIpc) is 2.48. The highest BCUT2D eigenvalue weighted by molar-refractivity contribution is 4.95. The van der Waals surface area contributed by atoms with Gasteiger partial charge in [0.05, 0.1) is 0 Å². The molecule has 2 rings (SSSR count). The zero-order valence-corrected chi connectivity index (χ0v) is 12.9. The summed E-state index contributed by atoms with van der Waals surface area (Å²) in [4.78, 5) is 2.59. The van der Waals surface area contributed by atoms with E-state index in [2.05, 4.69) is 18.9 Å². The number of hydrogen-bond donors (Lipinski definition) is 1. The Balaban J connectivity index is 1.88. The third-order valence-corrected chi connectivity index (χ3v) is 5.68. The van der Waals surface area contributed by atoms with E-state index in [4.69, 9.17) is 10.5 Å². The van der Waals surface area contributed by atoms with E-state index in [9.17, 15) is 0 Å². The Labute approximate surface area is 118 Å². The second kappa shape index (κ2) is 7.05. The molecule has 0 aromatic carbocycles. The van der Waals surface area contributed by atoms with Gasteiger partial charge in [0, 0.05) is 31.8 Å². The van der Waals surface area contributed by atoms with Crippen LogP contribution in [0, 0.1) is 11.8 Å². The third kappa shape index (κ3) is 3.71. The summed E-state index contributed by atoms with van der Waals surface area (Å²) in [5.41, 5.74) is 6.45. The summed E-state index contributed by atoms with van der Waals surface area (Å²) in [7, 11) is 2.30. The smallest absolute Gasteiger partial charge is 0.0469 e. The zero-order chi connectivity index (χ0) is 13.7. The molecule has 1 saturated carbocycles. The van der Waals surface area contributed by atoms with Gasteiger partial charge in [-0.25, -0.2) is 0 Å². The van der Waals surface area contributed by atoms with Crippen LogP contribution in [0.25, 0.3) is 0 Å². The SMILES string of the molecule is CCC1CCC(CN)(N(C)CC2CCOCC2)CC1. The van der Waals surface area contributed by atoms with Crippen molar-refractivity contribution in [3.63, 3.8) is 0 Å². The second-order valence-electron chi connectivity index (χ2n) is 6.72. The molecule has 3 nitrogen and oxygen atoms in total. The molecule has 0 aromatic heterocycles. The minimum absolute atomic E-state index is 0.282. The van der Waals surface area contributed by atoms with Crippen LogP contribution in [0.15, 0.2) is 0 Å². The predicted octanol–water partition coefficient (Wildman–Crippen LogP) is 2.64. The van der Waals surface area contributed by atoms with Crippen LogP contribution in [0.1, 0.15) is 51.9 Å². The Kier molecular flexibility index (Phi) is 5.67. The van der Waals surface area contributed by atoms with E-state index in [0.29, 0.717) is 0 Å². The molecular weight excluding hydrogens is 236 g/mol. The summed E-state index contributed by atoms with van der Waals surface area (Å²) in [5.74, 6) is 1.75. The van der Waals surface area contributed by atoms with E-state index in [1.807, 2.05) is 0 Å². The highest BCUT2D eigenvalue weighted by atomic mass is 16.5. The van der Waals surface area contributed by atoms with Crippen LogP contribution in [-0.4, -0.2) is 43.8 Å². The van der Waals surface area contributed by atoms with Crippen molar-refractivity contribution in [1.29, 1.82) is 0 Å². The molecular formula is C16H32N2O. The van der Waals surface area contributed by atoms with Gasteiger partial charge < -0.3 is 10.5 Å². The molecule has 0 amide bonds. The lowest BCUT2D eigenvalue weighted by atomic mass is 9.74. The summed E-state index contributed by atoms with van der Waals surface area (Å²) >= 11 is 0. The quantitative estimate of drug-likeness (QED) is 0.833. The minimum atomic E-state index is 0.282. The van der Waals surface area contributed by atoms with Crippen LogP contribution in [0.4, 0.5) is 0 Å². The van der Waals surface area contributed by atoms with Crippen molar-refractivity contribution in [1.82, 2.24) is 4.90 Å². The lowest BCUT2D eigenvalue weighted by Gasteiger charge is -2.47. The fourth-order valence-corrected chi connectivity index (χ4v) is 3.87. The molecule has 0 aromatic rings. The highest BCUT2D eigenvalue weighted by Crippen LogP contribution is 2.37. The minimum Gasteiger partial charge on any atom is -0.381 e. The molecule has 2 aliphatic rings. The predicted molar refractivity (Wildman–Crippen MR) is 80.2 cm³/mol. The Hall–Kier alpha value is -0.120. The maximum Gasteiger partial charge on any atom is 0.0469 e. The monoisotopic (exact) mass is 268 g/mol. The van der Waals surface area contributed by atoms with Gasteiger partial charge in [0.1, 0.15) is 0 Å². The Morgan fingerprint density at radius 3 is 2.26 bits per heavy atom. The van der Waals surface area contributed by atoms with E-state index >= 15 is 0 Å². The number of ether oxygens (including phenoxy) is 1. The molecule has 0 unspecified atom stereocenters. The fourth-order valence-electron chi connectivity index (χ4n) is 3.87. The topological polar surface area (TPSA) is 38.5 Å². The van der Waals surface area contributed by atoms with Crippen LogP contribution < -0.4 is 5.73 Å². The number of nitrogens with zero attached hydrogens (tertiary/aromatic N) is 1. The standard InChI is InChI=1S/C16H32N2O/c1-3-14-4-8-16(13-17,9-5-14)18(2)12-15-6-10-19-11-7-15/h14-15H,3-13,17H2,1-2H3. The van der Waals surface area contributed by atoms with Crippen LogP contribution in [0.3, 0.4) is 0 Å². The molecule has 0 bridgehead atoms. The van der Waals surface area contributed by atoms with Gasteiger partial charge in [-0.3, -0.25) is 4.90 Å². The van der Waals surface area contributed by atoms with Gasteiger partial charge in [-0.2, -0.15) is 0 Å². The molecule has 3 heteroatoms. The summed E-state index contributed by atoms with van der Waals surface area (Å²) in [5, 5.41) is 0. The molecule has 0 spiro atoms. The van der Waals surface area contributed by atoms with Crippen molar-refractivity contribution in [3.05, 3.63) is 0 Å². The molecule has 1 saturated heterocycles. The van der Waals surface area contributed by atoms with E-state index in [-0.39, 0.29) is 5.54 Å². The van der Waals surface area contributed by atoms with Crippen molar-refractivity contribution < 1.29 is 4.74 Å². The first-order valence-corrected chi connectivity index (χ1v) is 8.19. The van der Waals surface area contributed by atoms with Gasteiger partial charge in [-0.15, -0.1) is 0 Å². The maximum atomic E-state index is 6.16. The normalized spacial score (nSPS) is 33.8. The number of rotatable bonds is 5. The van der Waals surface area contributed by atoms with Crippen molar-refractivity contribution >= 4 is 0 Å². The highest BCUT2D eigenvalue weighted by Gasteiger charge is 2.37. The van der Waals surface area contributed by atoms with Crippen molar-refractivity contribution in [3.8, 4) is 0 Å². The number of likely N-dealkylation sites (N-methyl/N-ethyl adjacent to an activating group) is 1. The maximum absolute atomic E-state index is 6.16. The van der Waals surface area contributed by atoms with Crippen LogP contribution in [0.5, 0.6) is 0 Å². The second-order valence-corrected chi connectivity index (χ2v) is 6.72. The summed E-state index contributed by atoms with van der Waals surface area (Å²) in [6.45, 7) is 6.25. The van der Waals surface area contributed by atoms with Crippen molar-refractivity contribution in [2.45, 2.75) is 57.4 Å². The van der Waals surface area contributed by atoms with E-state index in [1.54, 1.807) is 0 Å². The van der Waals surface area contributed by atoms with Gasteiger partial charge in [0.25, 0.3) is 0 Å². The zero-order valence-electron chi connectivity index (χ0n) is 12.9. The van der Waals surface area contributed by atoms with Crippen LogP contribution >= 0.6 is 0 Å². The van der Waals surface area contributed by atoms with Gasteiger partial charge >= 0.3 is 0 Å². The largest absolute Gasteiger partial charge is 0.381 e. The van der Waals surface area contributed by atoms with Crippen LogP contribution in [-0.2, 0) is 4.74 Å². The molecule has 19 heavy (non-hydrogen) atoms. The molecule has 2 fully saturated rings. The first-order valence-electron chi connectivity index (χ1n) is 8.19. The molecule has 0 radical (unpaired) electrons. The average molecular weight is 268 g/mol. The summed E-state index contributed by atoms with van der Waals surface area (Å²) in [6.07, 6.45) is 9.11. The van der Waals surface area contributed by atoms with E-state index in [0.717, 1.165) is 31.6 Å². The molecule has 1 aliphatic carbocycles. The first kappa shape index (κ1) is 15.3. The third-order valence-electron chi connectivity index (χ3n) is 5.68. The molecule has 112 valence electrons. The van der Waals surface area contributed by atoms with Crippen molar-refractivity contribution in [2.24, 2.45) is 17.6 Å².